The Morgan fingerprint density at radius 2 is 2.20 bits per heavy atom. The van der Waals surface area contributed by atoms with Crippen molar-refractivity contribution in [3.8, 4) is 0 Å². The molecule has 0 bridgehead atoms. The van der Waals surface area contributed by atoms with Crippen molar-refractivity contribution in [2.75, 3.05) is 6.54 Å². The first kappa shape index (κ1) is 13.5. The Kier molecular flexibility index (Phi) is 3.50. The van der Waals surface area contributed by atoms with Crippen molar-refractivity contribution < 1.29 is 9.59 Å². The molecule has 1 aromatic rings. The number of fused-ring (bicyclic) bond motifs is 1. The van der Waals surface area contributed by atoms with Gasteiger partial charge in [0.1, 0.15) is 12.1 Å². The van der Waals surface area contributed by atoms with Gasteiger partial charge in [-0.05, 0) is 26.2 Å². The maximum atomic E-state index is 12.6. The first-order chi connectivity index (χ1) is 9.61. The molecular weight excluding hydrogens is 274 g/mol. The second-order valence-corrected chi connectivity index (χ2v) is 6.50. The third-order valence-corrected chi connectivity index (χ3v) is 4.97. The van der Waals surface area contributed by atoms with Crippen LogP contribution in [0.2, 0.25) is 0 Å². The van der Waals surface area contributed by atoms with Crippen molar-refractivity contribution >= 4 is 23.2 Å². The second-order valence-electron chi connectivity index (χ2n) is 5.44. The standard InChI is InChI=1S/C14H19N3O2S/c1-3-11-13(18)16-6-4-5-12(16)14(19)17(11)7-10-8-20-9(2)15-10/h8,11-12H,3-7H2,1-2H3. The van der Waals surface area contributed by atoms with E-state index in [-0.39, 0.29) is 23.9 Å². The Labute approximate surface area is 122 Å². The minimum atomic E-state index is -0.321. The predicted octanol–water partition coefficient (Wildman–Crippen LogP) is 1.56. The monoisotopic (exact) mass is 293 g/mol. The van der Waals surface area contributed by atoms with Crippen LogP contribution >= 0.6 is 11.3 Å². The van der Waals surface area contributed by atoms with Crippen molar-refractivity contribution in [1.29, 1.82) is 0 Å². The van der Waals surface area contributed by atoms with Crippen molar-refractivity contribution in [2.45, 2.75) is 51.7 Å². The molecule has 2 atom stereocenters. The van der Waals surface area contributed by atoms with E-state index in [1.54, 1.807) is 21.1 Å². The highest BCUT2D eigenvalue weighted by Crippen LogP contribution is 2.29. The van der Waals surface area contributed by atoms with E-state index in [1.807, 2.05) is 19.2 Å². The lowest BCUT2D eigenvalue weighted by molar-refractivity contribution is -0.160. The average Bonchev–Trinajstić information content (AvgIpc) is 3.05. The van der Waals surface area contributed by atoms with Crippen LogP contribution in [0, 0.1) is 6.92 Å². The Balaban J connectivity index is 1.86. The molecule has 1 aromatic heterocycles. The van der Waals surface area contributed by atoms with E-state index in [0.29, 0.717) is 13.0 Å². The lowest BCUT2D eigenvalue weighted by Gasteiger charge is -2.41. The van der Waals surface area contributed by atoms with Crippen LogP contribution in [0.25, 0.3) is 0 Å². The summed E-state index contributed by atoms with van der Waals surface area (Å²) in [6.07, 6.45) is 2.40. The number of thiazole rings is 1. The fourth-order valence-electron chi connectivity index (χ4n) is 3.20. The van der Waals surface area contributed by atoms with Crippen molar-refractivity contribution in [3.05, 3.63) is 16.1 Å². The molecule has 0 aromatic carbocycles. The summed E-state index contributed by atoms with van der Waals surface area (Å²) in [5.41, 5.74) is 0.888. The van der Waals surface area contributed by atoms with Gasteiger partial charge in [-0.1, -0.05) is 6.92 Å². The zero-order valence-corrected chi connectivity index (χ0v) is 12.7. The number of carbonyl (C=O) groups excluding carboxylic acids is 2. The van der Waals surface area contributed by atoms with Crippen molar-refractivity contribution in [1.82, 2.24) is 14.8 Å². The van der Waals surface area contributed by atoms with Crippen LogP contribution in [0.4, 0.5) is 0 Å². The fourth-order valence-corrected chi connectivity index (χ4v) is 3.80. The van der Waals surface area contributed by atoms with E-state index in [0.717, 1.165) is 30.1 Å². The average molecular weight is 293 g/mol. The number of rotatable bonds is 3. The molecule has 2 unspecified atom stereocenters. The van der Waals surface area contributed by atoms with Gasteiger partial charge in [0.05, 0.1) is 17.2 Å². The first-order valence-corrected chi connectivity index (χ1v) is 8.01. The lowest BCUT2D eigenvalue weighted by Crippen LogP contribution is -2.62. The van der Waals surface area contributed by atoms with Gasteiger partial charge in [-0.25, -0.2) is 4.98 Å². The molecule has 20 heavy (non-hydrogen) atoms. The zero-order valence-electron chi connectivity index (χ0n) is 11.8. The van der Waals surface area contributed by atoms with Gasteiger partial charge in [-0.15, -0.1) is 11.3 Å². The van der Waals surface area contributed by atoms with Gasteiger partial charge >= 0.3 is 0 Å². The molecular formula is C14H19N3O2S. The number of hydrogen-bond acceptors (Lipinski definition) is 4. The van der Waals surface area contributed by atoms with Crippen molar-refractivity contribution in [3.63, 3.8) is 0 Å². The van der Waals surface area contributed by atoms with Gasteiger partial charge in [0, 0.05) is 11.9 Å². The summed E-state index contributed by atoms with van der Waals surface area (Å²) in [6.45, 7) is 5.10. The van der Waals surface area contributed by atoms with Gasteiger partial charge in [0.15, 0.2) is 0 Å². The van der Waals surface area contributed by atoms with Crippen LogP contribution in [0.5, 0.6) is 0 Å². The van der Waals surface area contributed by atoms with E-state index in [2.05, 4.69) is 4.98 Å². The molecule has 0 aliphatic carbocycles. The number of aryl methyl sites for hydroxylation is 1. The zero-order chi connectivity index (χ0) is 14.3. The maximum Gasteiger partial charge on any atom is 0.246 e. The number of nitrogens with zero attached hydrogens (tertiary/aromatic N) is 3. The van der Waals surface area contributed by atoms with E-state index in [4.69, 9.17) is 0 Å². The van der Waals surface area contributed by atoms with Gasteiger partial charge in [0.2, 0.25) is 11.8 Å². The SMILES string of the molecule is CCC1C(=O)N2CCCC2C(=O)N1Cc1csc(C)n1. The lowest BCUT2D eigenvalue weighted by atomic mass is 10.0. The van der Waals surface area contributed by atoms with Crippen LogP contribution in [0.1, 0.15) is 36.9 Å². The number of aromatic nitrogens is 1. The summed E-state index contributed by atoms with van der Waals surface area (Å²) in [5.74, 6) is 0.209. The summed E-state index contributed by atoms with van der Waals surface area (Å²) < 4.78 is 0. The highest BCUT2D eigenvalue weighted by atomic mass is 32.1. The Bertz CT molecular complexity index is 542. The fraction of sp³-hybridized carbons (Fsp3) is 0.643. The quantitative estimate of drug-likeness (QED) is 0.850. The Hall–Kier alpha value is -1.43. The van der Waals surface area contributed by atoms with Crippen LogP contribution in [-0.2, 0) is 16.1 Å². The second kappa shape index (κ2) is 5.16. The van der Waals surface area contributed by atoms with E-state index < -0.39 is 0 Å². The van der Waals surface area contributed by atoms with E-state index >= 15 is 0 Å². The molecule has 3 rings (SSSR count). The van der Waals surface area contributed by atoms with Gasteiger partial charge in [-0.3, -0.25) is 9.59 Å². The van der Waals surface area contributed by atoms with Crippen LogP contribution < -0.4 is 0 Å². The topological polar surface area (TPSA) is 53.5 Å². The molecule has 2 aliphatic rings. The van der Waals surface area contributed by atoms with Gasteiger partial charge in [0.25, 0.3) is 0 Å². The van der Waals surface area contributed by atoms with Crippen molar-refractivity contribution in [2.24, 2.45) is 0 Å². The van der Waals surface area contributed by atoms with Gasteiger partial charge < -0.3 is 9.80 Å². The molecule has 2 amide bonds. The minimum absolute atomic E-state index is 0.0969. The smallest absolute Gasteiger partial charge is 0.246 e. The normalized spacial score (nSPS) is 26.3. The molecule has 108 valence electrons. The summed E-state index contributed by atoms with van der Waals surface area (Å²) in [4.78, 5) is 33.1. The number of hydrogen-bond donors (Lipinski definition) is 0. The number of amides is 2. The maximum absolute atomic E-state index is 12.6. The van der Waals surface area contributed by atoms with Crippen LogP contribution in [-0.4, -0.2) is 45.2 Å². The Morgan fingerprint density at radius 1 is 1.40 bits per heavy atom. The molecule has 0 N–H and O–H groups in total. The third-order valence-electron chi connectivity index (χ3n) is 4.15. The van der Waals surface area contributed by atoms with E-state index in [1.165, 1.54) is 0 Å². The summed E-state index contributed by atoms with van der Waals surface area (Å²) in [7, 11) is 0. The number of piperazine rings is 1. The molecule has 0 spiro atoms. The largest absolute Gasteiger partial charge is 0.329 e. The summed E-state index contributed by atoms with van der Waals surface area (Å²) >= 11 is 1.58. The first-order valence-electron chi connectivity index (χ1n) is 7.13. The molecule has 3 heterocycles. The molecule has 2 fully saturated rings. The summed E-state index contributed by atoms with van der Waals surface area (Å²) in [5, 5.41) is 2.97. The summed E-state index contributed by atoms with van der Waals surface area (Å²) in [6, 6.07) is -0.552. The molecule has 2 aliphatic heterocycles. The molecule has 5 nitrogen and oxygen atoms in total. The predicted molar refractivity (Wildman–Crippen MR) is 76.2 cm³/mol. The van der Waals surface area contributed by atoms with Crippen LogP contribution in [0.15, 0.2) is 5.38 Å². The highest BCUT2D eigenvalue weighted by molar-refractivity contribution is 7.09. The molecule has 2 saturated heterocycles. The molecule has 0 saturated carbocycles. The highest BCUT2D eigenvalue weighted by Gasteiger charge is 2.46. The Morgan fingerprint density at radius 3 is 2.85 bits per heavy atom. The number of carbonyl (C=O) groups is 2. The van der Waals surface area contributed by atoms with E-state index in [9.17, 15) is 9.59 Å². The van der Waals surface area contributed by atoms with Crippen LogP contribution in [0.3, 0.4) is 0 Å². The third kappa shape index (κ3) is 2.12. The molecule has 0 radical (unpaired) electrons. The minimum Gasteiger partial charge on any atom is -0.329 e. The molecule has 6 heteroatoms. The van der Waals surface area contributed by atoms with Gasteiger partial charge in [-0.2, -0.15) is 0 Å².